The molecule has 1 aromatic rings. The second-order valence-electron chi connectivity index (χ2n) is 3.38. The predicted octanol–water partition coefficient (Wildman–Crippen LogP) is 2.74. The maximum absolute atomic E-state index is 10.6. The van der Waals surface area contributed by atoms with Gasteiger partial charge in [-0.3, -0.25) is 4.79 Å². The number of ketones is 1. The number of Topliss-reactive ketones (excluding diaryl/α,β-unsaturated/α-hetero) is 1. The summed E-state index contributed by atoms with van der Waals surface area (Å²) in [5.41, 5.74) is 1.16. The molecule has 1 aromatic carbocycles. The maximum Gasteiger partial charge on any atom is 0.133 e. The average molecular weight is 204 g/mol. The van der Waals surface area contributed by atoms with Crippen LogP contribution in [0.3, 0.4) is 0 Å². The summed E-state index contributed by atoms with van der Waals surface area (Å²) < 4.78 is 5.40. The first-order valence-corrected chi connectivity index (χ1v) is 5.05. The number of rotatable bonds is 6. The third kappa shape index (κ3) is 5.81. The van der Waals surface area contributed by atoms with Gasteiger partial charge in [0.2, 0.25) is 0 Å². The Morgan fingerprint density at radius 2 is 2.00 bits per heavy atom. The minimum absolute atomic E-state index is 0.175. The molecule has 0 atom stereocenters. The lowest BCUT2D eigenvalue weighted by molar-refractivity contribution is -0.116. The van der Waals surface area contributed by atoms with Crippen molar-refractivity contribution in [2.75, 3.05) is 6.61 Å². The Kier molecular flexibility index (Phi) is 5.41. The smallest absolute Gasteiger partial charge is 0.133 e. The molecule has 0 unspecified atom stereocenters. The molecule has 0 heterocycles. The van der Waals surface area contributed by atoms with Gasteiger partial charge in [-0.25, -0.2) is 0 Å². The van der Waals surface area contributed by atoms with Crippen molar-refractivity contribution < 1.29 is 9.53 Å². The second-order valence-corrected chi connectivity index (χ2v) is 3.38. The van der Waals surface area contributed by atoms with E-state index in [9.17, 15) is 4.79 Å². The Bertz CT molecular complexity index is 315. The number of ether oxygens (including phenoxy) is 1. The van der Waals surface area contributed by atoms with Crippen molar-refractivity contribution in [1.82, 2.24) is 0 Å². The van der Waals surface area contributed by atoms with Crippen LogP contribution >= 0.6 is 0 Å². The summed E-state index contributed by atoms with van der Waals surface area (Å²) in [5, 5.41) is 0. The van der Waals surface area contributed by atoms with Gasteiger partial charge < -0.3 is 4.74 Å². The van der Waals surface area contributed by atoms with Crippen LogP contribution in [0.1, 0.15) is 18.9 Å². The van der Waals surface area contributed by atoms with Crippen molar-refractivity contribution in [3.63, 3.8) is 0 Å². The summed E-state index contributed by atoms with van der Waals surface area (Å²) in [6.45, 7) is 2.75. The van der Waals surface area contributed by atoms with E-state index < -0.39 is 0 Å². The first-order chi connectivity index (χ1) is 7.29. The van der Waals surface area contributed by atoms with Crippen molar-refractivity contribution in [1.29, 1.82) is 0 Å². The lowest BCUT2D eigenvalue weighted by Crippen LogP contribution is -1.92. The fourth-order valence-corrected chi connectivity index (χ4v) is 1.14. The molecule has 15 heavy (non-hydrogen) atoms. The molecule has 0 saturated heterocycles. The van der Waals surface area contributed by atoms with Crippen molar-refractivity contribution in [3.05, 3.63) is 48.0 Å². The van der Waals surface area contributed by atoms with Gasteiger partial charge in [-0.15, -0.1) is 0 Å². The van der Waals surface area contributed by atoms with Crippen LogP contribution < -0.4 is 0 Å². The van der Waals surface area contributed by atoms with Gasteiger partial charge in [0.25, 0.3) is 0 Å². The molecule has 0 fully saturated rings. The minimum Gasteiger partial charge on any atom is -0.373 e. The van der Waals surface area contributed by atoms with Gasteiger partial charge in [-0.1, -0.05) is 42.5 Å². The number of carbonyl (C=O) groups is 1. The van der Waals surface area contributed by atoms with E-state index in [1.54, 1.807) is 6.92 Å². The fourth-order valence-electron chi connectivity index (χ4n) is 1.14. The van der Waals surface area contributed by atoms with E-state index in [-0.39, 0.29) is 5.78 Å². The van der Waals surface area contributed by atoms with E-state index >= 15 is 0 Å². The molecule has 0 aliphatic heterocycles. The number of allylic oxidation sites excluding steroid dienone is 1. The van der Waals surface area contributed by atoms with Gasteiger partial charge in [0.05, 0.1) is 13.2 Å². The maximum atomic E-state index is 10.6. The van der Waals surface area contributed by atoms with Crippen LogP contribution in [0, 0.1) is 0 Å². The van der Waals surface area contributed by atoms with Crippen LogP contribution in [0.5, 0.6) is 0 Å². The standard InChI is InChI=1S/C13H16O2/c1-12(14)7-5-6-10-15-11-13-8-3-2-4-9-13/h2-6,8-9H,7,10-11H2,1H3/b6-5+. The Balaban J connectivity index is 2.12. The third-order valence-corrected chi connectivity index (χ3v) is 1.90. The highest BCUT2D eigenvalue weighted by Gasteiger charge is 1.89. The van der Waals surface area contributed by atoms with Gasteiger partial charge in [0, 0.05) is 6.42 Å². The first kappa shape index (κ1) is 11.7. The van der Waals surface area contributed by atoms with E-state index in [0.717, 1.165) is 5.56 Å². The first-order valence-electron chi connectivity index (χ1n) is 5.05. The molecule has 2 heteroatoms. The third-order valence-electron chi connectivity index (χ3n) is 1.90. The zero-order valence-corrected chi connectivity index (χ0v) is 8.98. The van der Waals surface area contributed by atoms with Crippen LogP contribution in [0.2, 0.25) is 0 Å². The zero-order chi connectivity index (χ0) is 10.9. The molecular formula is C13H16O2. The van der Waals surface area contributed by atoms with Gasteiger partial charge in [0.15, 0.2) is 0 Å². The number of benzene rings is 1. The van der Waals surface area contributed by atoms with Gasteiger partial charge in [0.1, 0.15) is 5.78 Å². The number of hydrogen-bond donors (Lipinski definition) is 0. The van der Waals surface area contributed by atoms with E-state index in [0.29, 0.717) is 19.6 Å². The lowest BCUT2D eigenvalue weighted by atomic mass is 10.2. The van der Waals surface area contributed by atoms with Crippen LogP contribution in [-0.2, 0) is 16.1 Å². The topological polar surface area (TPSA) is 26.3 Å². The van der Waals surface area contributed by atoms with Gasteiger partial charge in [-0.2, -0.15) is 0 Å². The van der Waals surface area contributed by atoms with Crippen molar-refractivity contribution >= 4 is 5.78 Å². The summed E-state index contributed by atoms with van der Waals surface area (Å²) in [4.78, 5) is 10.6. The molecule has 0 N–H and O–H groups in total. The Hall–Kier alpha value is -1.41. The zero-order valence-electron chi connectivity index (χ0n) is 8.98. The molecule has 0 saturated carbocycles. The van der Waals surface area contributed by atoms with Crippen molar-refractivity contribution in [2.24, 2.45) is 0 Å². The highest BCUT2D eigenvalue weighted by atomic mass is 16.5. The Morgan fingerprint density at radius 1 is 1.27 bits per heavy atom. The lowest BCUT2D eigenvalue weighted by Gasteiger charge is -2.00. The minimum atomic E-state index is 0.175. The van der Waals surface area contributed by atoms with Crippen LogP contribution in [0.25, 0.3) is 0 Å². The molecule has 0 spiro atoms. The van der Waals surface area contributed by atoms with E-state index in [2.05, 4.69) is 0 Å². The van der Waals surface area contributed by atoms with Crippen LogP contribution in [0.15, 0.2) is 42.5 Å². The quantitative estimate of drug-likeness (QED) is 0.526. The summed E-state index contributed by atoms with van der Waals surface area (Å²) >= 11 is 0. The molecule has 0 bridgehead atoms. The number of carbonyl (C=O) groups excluding carboxylic acids is 1. The van der Waals surface area contributed by atoms with E-state index in [1.165, 1.54) is 0 Å². The molecule has 0 radical (unpaired) electrons. The Morgan fingerprint density at radius 3 is 2.67 bits per heavy atom. The number of hydrogen-bond acceptors (Lipinski definition) is 2. The second kappa shape index (κ2) is 6.96. The largest absolute Gasteiger partial charge is 0.373 e. The monoisotopic (exact) mass is 204 g/mol. The van der Waals surface area contributed by atoms with Gasteiger partial charge >= 0.3 is 0 Å². The highest BCUT2D eigenvalue weighted by Crippen LogP contribution is 2.00. The van der Waals surface area contributed by atoms with Crippen molar-refractivity contribution in [3.8, 4) is 0 Å². The summed E-state index contributed by atoms with van der Waals surface area (Å²) in [6.07, 6.45) is 4.21. The summed E-state index contributed by atoms with van der Waals surface area (Å²) in [7, 11) is 0. The van der Waals surface area contributed by atoms with Crippen LogP contribution in [0.4, 0.5) is 0 Å². The molecule has 1 rings (SSSR count). The molecule has 2 nitrogen and oxygen atoms in total. The summed E-state index contributed by atoms with van der Waals surface area (Å²) in [6, 6.07) is 10.0. The molecule has 0 aromatic heterocycles. The molecule has 0 aliphatic rings. The van der Waals surface area contributed by atoms with Crippen molar-refractivity contribution in [2.45, 2.75) is 20.0 Å². The van der Waals surface area contributed by atoms with Gasteiger partial charge in [-0.05, 0) is 12.5 Å². The van der Waals surface area contributed by atoms with Crippen LogP contribution in [-0.4, -0.2) is 12.4 Å². The molecule has 0 amide bonds. The SMILES string of the molecule is CC(=O)C/C=C/COCc1ccccc1. The molecular weight excluding hydrogens is 188 g/mol. The molecule has 80 valence electrons. The molecule has 0 aliphatic carbocycles. The van der Waals surface area contributed by atoms with E-state index in [4.69, 9.17) is 4.74 Å². The summed E-state index contributed by atoms with van der Waals surface area (Å²) in [5.74, 6) is 0.175. The average Bonchev–Trinajstić information content (AvgIpc) is 2.24. The normalized spacial score (nSPS) is 10.7. The Labute approximate surface area is 90.6 Å². The predicted molar refractivity (Wildman–Crippen MR) is 60.5 cm³/mol. The van der Waals surface area contributed by atoms with E-state index in [1.807, 2.05) is 42.5 Å². The fraction of sp³-hybridized carbons (Fsp3) is 0.308. The highest BCUT2D eigenvalue weighted by molar-refractivity contribution is 5.76.